The van der Waals surface area contributed by atoms with Crippen LogP contribution in [0.25, 0.3) is 0 Å². The molecule has 0 rings (SSSR count). The van der Waals surface area contributed by atoms with Gasteiger partial charge in [-0.15, -0.1) is 0 Å². The number of rotatable bonds is 3. The summed E-state index contributed by atoms with van der Waals surface area (Å²) in [7, 11) is 0. The summed E-state index contributed by atoms with van der Waals surface area (Å²) in [5.41, 5.74) is 2.83. The minimum absolute atomic E-state index is 0.257. The van der Waals surface area contributed by atoms with E-state index in [0.29, 0.717) is 0 Å². The first-order chi connectivity index (χ1) is 5.70. The number of hydrazine groups is 1. The normalized spacial score (nSPS) is 11.8. The van der Waals surface area contributed by atoms with Crippen molar-refractivity contribution < 1.29 is 9.53 Å². The summed E-state index contributed by atoms with van der Waals surface area (Å²) in [6, 6.07) is 0. The quantitative estimate of drug-likeness (QED) is 0.288. The van der Waals surface area contributed by atoms with Gasteiger partial charge in [0.2, 0.25) is 0 Å². The molecule has 0 aromatic heterocycles. The monoisotopic (exact) mass is 170 g/mol. The summed E-state index contributed by atoms with van der Waals surface area (Å²) in [5, 5.41) is 0. The van der Waals surface area contributed by atoms with Crippen molar-refractivity contribution in [2.75, 3.05) is 6.61 Å². The van der Waals surface area contributed by atoms with E-state index in [1.807, 2.05) is 37.5 Å². The molecule has 0 fully saturated rings. The van der Waals surface area contributed by atoms with E-state index in [0.717, 1.165) is 5.57 Å². The van der Waals surface area contributed by atoms with Crippen LogP contribution in [0.2, 0.25) is 0 Å². The topological polar surface area (TPSA) is 64.3 Å². The van der Waals surface area contributed by atoms with Crippen molar-refractivity contribution in [3.8, 4) is 0 Å². The van der Waals surface area contributed by atoms with Crippen LogP contribution in [0, 0.1) is 0 Å². The lowest BCUT2D eigenvalue weighted by atomic mass is 10.3. The molecule has 0 spiro atoms. The Hall–Kier alpha value is -1.29. The maximum atomic E-state index is 10.5. The molecule has 0 aromatic rings. The molecule has 0 aliphatic rings. The van der Waals surface area contributed by atoms with Gasteiger partial charge in [-0.2, -0.15) is 0 Å². The van der Waals surface area contributed by atoms with Crippen molar-refractivity contribution in [1.29, 1.82) is 0 Å². The molecule has 1 amide bonds. The van der Waals surface area contributed by atoms with Crippen LogP contribution < -0.4 is 11.3 Å². The highest BCUT2D eigenvalue weighted by molar-refractivity contribution is 5.66. The van der Waals surface area contributed by atoms with Gasteiger partial charge < -0.3 is 4.74 Å². The number of hydrogen-bond donors (Lipinski definition) is 2. The summed E-state index contributed by atoms with van der Waals surface area (Å²) >= 11 is 0. The smallest absolute Gasteiger partial charge is 0.421 e. The Kier molecular flexibility index (Phi) is 5.73. The van der Waals surface area contributed by atoms with E-state index in [-0.39, 0.29) is 6.61 Å². The molecular formula is C8H14N2O2. The lowest BCUT2D eigenvalue weighted by Crippen LogP contribution is -2.31. The number of hydrogen-bond acceptors (Lipinski definition) is 3. The molecule has 68 valence electrons. The molecule has 4 nitrogen and oxygen atoms in total. The summed E-state index contributed by atoms with van der Waals surface area (Å²) in [5.74, 6) is 4.80. The average molecular weight is 170 g/mol. The zero-order valence-corrected chi connectivity index (χ0v) is 7.33. The summed E-state index contributed by atoms with van der Waals surface area (Å²) in [6.45, 7) is 4.04. The third kappa shape index (κ3) is 5.49. The van der Waals surface area contributed by atoms with Gasteiger partial charge in [0, 0.05) is 0 Å². The highest BCUT2D eigenvalue weighted by Gasteiger charge is 1.96. The first kappa shape index (κ1) is 10.7. The lowest BCUT2D eigenvalue weighted by molar-refractivity contribution is 0.156. The Balaban J connectivity index is 3.70. The van der Waals surface area contributed by atoms with Gasteiger partial charge in [-0.3, -0.25) is 5.43 Å². The molecule has 0 heterocycles. The minimum Gasteiger partial charge on any atom is -0.444 e. The summed E-state index contributed by atoms with van der Waals surface area (Å²) < 4.78 is 4.67. The van der Waals surface area contributed by atoms with Crippen molar-refractivity contribution in [2.24, 2.45) is 5.84 Å². The molecule has 0 saturated heterocycles. The Labute approximate surface area is 72.0 Å². The second-order valence-corrected chi connectivity index (χ2v) is 2.26. The van der Waals surface area contributed by atoms with Crippen LogP contribution in [0.15, 0.2) is 23.8 Å². The van der Waals surface area contributed by atoms with E-state index >= 15 is 0 Å². The van der Waals surface area contributed by atoms with Crippen molar-refractivity contribution in [3.05, 3.63) is 23.8 Å². The minimum atomic E-state index is -0.622. The number of nitrogens with two attached hydrogens (primary N) is 1. The fourth-order valence-electron chi connectivity index (χ4n) is 0.530. The first-order valence-corrected chi connectivity index (χ1v) is 3.62. The Bertz CT molecular complexity index is 197. The zero-order valence-electron chi connectivity index (χ0n) is 7.33. The Morgan fingerprint density at radius 3 is 2.83 bits per heavy atom. The molecule has 0 aromatic carbocycles. The van der Waals surface area contributed by atoms with Crippen LogP contribution in [-0.4, -0.2) is 12.7 Å². The van der Waals surface area contributed by atoms with E-state index in [1.165, 1.54) is 0 Å². The Morgan fingerprint density at radius 2 is 2.33 bits per heavy atom. The zero-order chi connectivity index (χ0) is 9.40. The molecule has 0 unspecified atom stereocenters. The highest BCUT2D eigenvalue weighted by atomic mass is 16.5. The molecular weight excluding hydrogens is 156 g/mol. The summed E-state index contributed by atoms with van der Waals surface area (Å²) in [6.07, 6.45) is 5.01. The largest absolute Gasteiger partial charge is 0.444 e. The van der Waals surface area contributed by atoms with Crippen LogP contribution in [0.3, 0.4) is 0 Å². The Morgan fingerprint density at radius 1 is 1.67 bits per heavy atom. The van der Waals surface area contributed by atoms with Gasteiger partial charge in [0.15, 0.2) is 0 Å². The van der Waals surface area contributed by atoms with Crippen LogP contribution >= 0.6 is 0 Å². The predicted molar refractivity (Wildman–Crippen MR) is 47.2 cm³/mol. The van der Waals surface area contributed by atoms with Crippen molar-refractivity contribution in [3.63, 3.8) is 0 Å². The van der Waals surface area contributed by atoms with Crippen molar-refractivity contribution in [2.45, 2.75) is 13.8 Å². The van der Waals surface area contributed by atoms with Crippen molar-refractivity contribution >= 4 is 6.09 Å². The fraction of sp³-hybridized carbons (Fsp3) is 0.375. The number of ether oxygens (including phenoxy) is 1. The van der Waals surface area contributed by atoms with Gasteiger partial charge in [0.1, 0.15) is 6.61 Å². The maximum Gasteiger partial charge on any atom is 0.421 e. The van der Waals surface area contributed by atoms with E-state index in [1.54, 1.807) is 0 Å². The highest BCUT2D eigenvalue weighted by Crippen LogP contribution is 1.94. The number of carbonyl (C=O) groups is 1. The molecule has 0 radical (unpaired) electrons. The molecule has 0 aliphatic heterocycles. The molecule has 3 N–H and O–H groups in total. The molecule has 0 saturated carbocycles. The molecule has 0 bridgehead atoms. The number of nitrogens with one attached hydrogen (secondary N) is 1. The SMILES string of the molecule is C/C=C\C=C(/C)COC(=O)NN. The summed E-state index contributed by atoms with van der Waals surface area (Å²) in [4.78, 5) is 10.5. The van der Waals surface area contributed by atoms with Gasteiger partial charge >= 0.3 is 6.09 Å². The standard InChI is InChI=1S/C8H14N2O2/c1-3-4-5-7(2)6-12-8(11)10-9/h3-5H,6,9H2,1-2H3,(H,10,11)/b4-3-,7-5+. The van der Waals surface area contributed by atoms with E-state index < -0.39 is 6.09 Å². The van der Waals surface area contributed by atoms with Crippen LogP contribution in [0.4, 0.5) is 4.79 Å². The molecule has 4 heteroatoms. The molecule has 0 atom stereocenters. The first-order valence-electron chi connectivity index (χ1n) is 3.62. The van der Waals surface area contributed by atoms with Gasteiger partial charge in [0.05, 0.1) is 0 Å². The van der Waals surface area contributed by atoms with Crippen LogP contribution in [0.1, 0.15) is 13.8 Å². The number of carbonyl (C=O) groups excluding carboxylic acids is 1. The van der Waals surface area contributed by atoms with Crippen LogP contribution in [-0.2, 0) is 4.74 Å². The predicted octanol–water partition coefficient (Wildman–Crippen LogP) is 1.11. The van der Waals surface area contributed by atoms with Gasteiger partial charge in [-0.05, 0) is 19.4 Å². The number of allylic oxidation sites excluding steroid dienone is 3. The van der Waals surface area contributed by atoms with E-state index in [2.05, 4.69) is 4.74 Å². The maximum absolute atomic E-state index is 10.5. The van der Waals surface area contributed by atoms with Crippen molar-refractivity contribution in [1.82, 2.24) is 5.43 Å². The van der Waals surface area contributed by atoms with Gasteiger partial charge in [-0.25, -0.2) is 10.6 Å². The van der Waals surface area contributed by atoms with Gasteiger partial charge in [-0.1, -0.05) is 18.2 Å². The van der Waals surface area contributed by atoms with Gasteiger partial charge in [0.25, 0.3) is 0 Å². The molecule has 0 aliphatic carbocycles. The van der Waals surface area contributed by atoms with E-state index in [9.17, 15) is 4.79 Å². The second kappa shape index (κ2) is 6.42. The van der Waals surface area contributed by atoms with Crippen LogP contribution in [0.5, 0.6) is 0 Å². The second-order valence-electron chi connectivity index (χ2n) is 2.26. The van der Waals surface area contributed by atoms with E-state index in [4.69, 9.17) is 5.84 Å². The third-order valence-electron chi connectivity index (χ3n) is 1.12. The average Bonchev–Trinajstić information content (AvgIpc) is 2.10. The fourth-order valence-corrected chi connectivity index (χ4v) is 0.530. The third-order valence-corrected chi connectivity index (χ3v) is 1.12. The number of amides is 1. The lowest BCUT2D eigenvalue weighted by Gasteiger charge is -2.02. The molecule has 12 heavy (non-hydrogen) atoms.